The van der Waals surface area contributed by atoms with Crippen molar-refractivity contribution in [1.82, 2.24) is 0 Å². The fourth-order valence-corrected chi connectivity index (χ4v) is 2.91. The lowest BCUT2D eigenvalue weighted by Gasteiger charge is -2.14. The van der Waals surface area contributed by atoms with Crippen molar-refractivity contribution < 1.29 is 18.7 Å². The minimum atomic E-state index is -0.374. The molecule has 1 unspecified atom stereocenters. The summed E-state index contributed by atoms with van der Waals surface area (Å²) in [7, 11) is 0. The van der Waals surface area contributed by atoms with Gasteiger partial charge in [0.05, 0.1) is 0 Å². The molecule has 0 saturated carbocycles. The van der Waals surface area contributed by atoms with Crippen LogP contribution in [0.2, 0.25) is 0 Å². The molecule has 1 atom stereocenters. The number of allylic oxidation sites excluding steroid dienone is 2. The second-order valence-electron chi connectivity index (χ2n) is 6.75. The summed E-state index contributed by atoms with van der Waals surface area (Å²) in [5.41, 5.74) is 15.6. The molecule has 0 radical (unpaired) electrons. The minimum Gasteiger partial charge on any atom is -0.489 e. The average Bonchev–Trinajstić information content (AvgIpc) is 2.75. The number of halogens is 1. The Balaban J connectivity index is 0. The third kappa shape index (κ3) is 19.6. The lowest BCUT2D eigenvalue weighted by molar-refractivity contribution is -0.118. The maximum atomic E-state index is 14.2. The molecule has 0 aromatic heterocycles. The lowest BCUT2D eigenvalue weighted by Crippen LogP contribution is -2.27. The van der Waals surface area contributed by atoms with Gasteiger partial charge in [-0.05, 0) is 49.1 Å². The van der Waals surface area contributed by atoms with E-state index in [9.17, 15) is 9.18 Å². The number of hydrogen-bond donors (Lipinski definition) is 3. The van der Waals surface area contributed by atoms with Gasteiger partial charge in [-0.1, -0.05) is 51.1 Å². The Morgan fingerprint density at radius 1 is 1.31 bits per heavy atom. The van der Waals surface area contributed by atoms with Crippen LogP contribution < -0.4 is 21.9 Å². The summed E-state index contributed by atoms with van der Waals surface area (Å²) in [6.07, 6.45) is 10.1. The quantitative estimate of drug-likeness (QED) is 0.211. The van der Waals surface area contributed by atoms with Gasteiger partial charge < -0.3 is 21.9 Å². The number of primary amides is 2. The van der Waals surface area contributed by atoms with Crippen molar-refractivity contribution in [2.24, 2.45) is 17.2 Å². The van der Waals surface area contributed by atoms with Gasteiger partial charge in [0, 0.05) is 18.2 Å². The summed E-state index contributed by atoms with van der Waals surface area (Å²) in [5, 5.41) is 1.89. The normalized spacial score (nSPS) is 10.9. The number of aryl methyl sites for hydroxylation is 1. The van der Waals surface area contributed by atoms with Crippen LogP contribution in [-0.2, 0) is 16.0 Å². The molecule has 1 aromatic rings. The van der Waals surface area contributed by atoms with Gasteiger partial charge in [-0.15, -0.1) is 11.8 Å². The summed E-state index contributed by atoms with van der Waals surface area (Å²) in [4.78, 5) is 19.3. The summed E-state index contributed by atoms with van der Waals surface area (Å²) in [5.74, 6) is 0.636. The van der Waals surface area contributed by atoms with Gasteiger partial charge in [0.1, 0.15) is 6.61 Å². The molecule has 6 N–H and O–H groups in total. The average molecular weight is 470 g/mol. The van der Waals surface area contributed by atoms with Crippen LogP contribution in [0.5, 0.6) is 5.75 Å². The Kier molecular flexibility index (Phi) is 23.2. The highest BCUT2D eigenvalue weighted by Crippen LogP contribution is 2.22. The maximum absolute atomic E-state index is 14.2. The molecular formula is C24H40FN3O3S. The first kappa shape index (κ1) is 31.9. The zero-order valence-corrected chi connectivity index (χ0v) is 20.2. The number of ether oxygens (including phenoxy) is 1. The van der Waals surface area contributed by atoms with Crippen LogP contribution in [0.25, 0.3) is 0 Å². The van der Waals surface area contributed by atoms with E-state index < -0.39 is 0 Å². The summed E-state index contributed by atoms with van der Waals surface area (Å²) < 4.78 is 19.6. The van der Waals surface area contributed by atoms with Gasteiger partial charge in [0.15, 0.2) is 11.6 Å². The number of amides is 2. The number of nitrogens with two attached hydrogens (primary N) is 3. The number of rotatable bonds is 14. The Morgan fingerprint density at radius 2 is 2.00 bits per heavy atom. The Bertz CT molecular complexity index is 657. The molecule has 0 bridgehead atoms. The molecule has 0 fully saturated rings. The fourth-order valence-electron chi connectivity index (χ4n) is 2.47. The molecular weight excluding hydrogens is 429 g/mol. The van der Waals surface area contributed by atoms with Crippen LogP contribution in [0.3, 0.4) is 0 Å². The van der Waals surface area contributed by atoms with Gasteiger partial charge in [-0.2, -0.15) is 0 Å². The summed E-state index contributed by atoms with van der Waals surface area (Å²) in [6, 6.07) is 4.93. The molecule has 0 heterocycles. The molecule has 6 nitrogen and oxygen atoms in total. The van der Waals surface area contributed by atoms with E-state index in [1.54, 1.807) is 30.0 Å². The molecule has 32 heavy (non-hydrogen) atoms. The first-order chi connectivity index (χ1) is 15.4. The van der Waals surface area contributed by atoms with Crippen molar-refractivity contribution in [3.8, 4) is 5.75 Å². The van der Waals surface area contributed by atoms with Gasteiger partial charge in [0.2, 0.25) is 12.3 Å². The molecule has 0 saturated heterocycles. The zero-order chi connectivity index (χ0) is 24.6. The van der Waals surface area contributed by atoms with Crippen LogP contribution in [-0.4, -0.2) is 30.7 Å². The smallest absolute Gasteiger partial charge is 0.217 e. The Morgan fingerprint density at radius 3 is 2.56 bits per heavy atom. The number of hydrogen-bond acceptors (Lipinski definition) is 5. The maximum Gasteiger partial charge on any atom is 0.217 e. The SMILES string of the molecule is C=CSCC/C=C\CC.CCCC(N)COc1cccc(CCCC(N)=O)c1F.NC=O. The van der Waals surface area contributed by atoms with Crippen LogP contribution in [0.15, 0.2) is 42.3 Å². The van der Waals surface area contributed by atoms with Crippen molar-refractivity contribution in [1.29, 1.82) is 0 Å². The predicted octanol–water partition coefficient (Wildman–Crippen LogP) is 4.46. The third-order valence-electron chi connectivity index (χ3n) is 3.95. The summed E-state index contributed by atoms with van der Waals surface area (Å²) >= 11 is 1.77. The standard InChI is InChI=1S/C15H23FN2O2.C8H14S.CH3NO/c1-2-5-12(17)10-20-13-8-3-6-11(15(13)16)7-4-9-14(18)19;1-3-5-6-7-8-9-4-2;2-1-3/h3,6,8,12H,2,4-5,7,9-10,17H2,1H3,(H2,18,19);4-6H,2-3,7-8H2,1H3;1H,(H2,2,3)/b;6-5-;. The fraction of sp³-hybridized carbons (Fsp3) is 0.500. The number of thioether (sulfide) groups is 1. The largest absolute Gasteiger partial charge is 0.489 e. The van der Waals surface area contributed by atoms with E-state index in [-0.39, 0.29) is 36.3 Å². The molecule has 1 aromatic carbocycles. The van der Waals surface area contributed by atoms with Crippen LogP contribution in [0.1, 0.15) is 57.9 Å². The van der Waals surface area contributed by atoms with Gasteiger partial charge in [0.25, 0.3) is 0 Å². The lowest BCUT2D eigenvalue weighted by atomic mass is 10.1. The second kappa shape index (κ2) is 23.3. The topological polar surface area (TPSA) is 121 Å². The van der Waals surface area contributed by atoms with E-state index >= 15 is 0 Å². The molecule has 0 aliphatic heterocycles. The van der Waals surface area contributed by atoms with Crippen molar-refractivity contribution in [3.63, 3.8) is 0 Å². The highest BCUT2D eigenvalue weighted by atomic mass is 32.2. The summed E-state index contributed by atoms with van der Waals surface area (Å²) in [6.45, 7) is 8.11. The van der Waals surface area contributed by atoms with Crippen molar-refractivity contribution in [2.75, 3.05) is 12.4 Å². The van der Waals surface area contributed by atoms with Gasteiger partial charge in [-0.25, -0.2) is 4.39 Å². The van der Waals surface area contributed by atoms with Crippen LogP contribution in [0.4, 0.5) is 4.39 Å². The van der Waals surface area contributed by atoms with Crippen LogP contribution >= 0.6 is 11.8 Å². The molecule has 1 rings (SSSR count). The molecule has 182 valence electrons. The molecule has 0 aliphatic carbocycles. The van der Waals surface area contributed by atoms with E-state index in [4.69, 9.17) is 21.0 Å². The number of carbonyl (C=O) groups excluding carboxylic acids is 2. The van der Waals surface area contributed by atoms with E-state index in [0.717, 1.165) is 19.3 Å². The monoisotopic (exact) mass is 469 g/mol. The van der Waals surface area contributed by atoms with Gasteiger partial charge in [-0.3, -0.25) is 9.59 Å². The molecule has 0 spiro atoms. The third-order valence-corrected chi connectivity index (χ3v) is 4.65. The van der Waals surface area contributed by atoms with Crippen molar-refractivity contribution in [3.05, 3.63) is 53.7 Å². The van der Waals surface area contributed by atoms with E-state index in [1.165, 1.54) is 12.2 Å². The Hall–Kier alpha value is -2.32. The van der Waals surface area contributed by atoms with E-state index in [1.807, 2.05) is 12.3 Å². The van der Waals surface area contributed by atoms with E-state index in [2.05, 4.69) is 31.4 Å². The number of carbonyl (C=O) groups is 2. The molecule has 2 amide bonds. The Labute approximate surface area is 196 Å². The highest BCUT2D eigenvalue weighted by molar-refractivity contribution is 8.02. The number of benzene rings is 1. The zero-order valence-electron chi connectivity index (χ0n) is 19.4. The molecule has 0 aliphatic rings. The van der Waals surface area contributed by atoms with Crippen molar-refractivity contribution >= 4 is 24.1 Å². The van der Waals surface area contributed by atoms with E-state index in [0.29, 0.717) is 25.0 Å². The first-order valence-corrected chi connectivity index (χ1v) is 11.9. The molecule has 8 heteroatoms. The first-order valence-electron chi connectivity index (χ1n) is 10.8. The van der Waals surface area contributed by atoms with Gasteiger partial charge >= 0.3 is 0 Å². The van der Waals surface area contributed by atoms with Crippen LogP contribution in [0, 0.1) is 5.82 Å². The highest BCUT2D eigenvalue weighted by Gasteiger charge is 2.11. The van der Waals surface area contributed by atoms with Crippen molar-refractivity contribution in [2.45, 2.75) is 64.8 Å². The minimum absolute atomic E-state index is 0.0853. The second-order valence-corrected chi connectivity index (χ2v) is 7.83. The predicted molar refractivity (Wildman–Crippen MR) is 134 cm³/mol.